The zero-order chi connectivity index (χ0) is 24.8. The van der Waals surface area contributed by atoms with Crippen LogP contribution in [0, 0.1) is 0 Å². The molecule has 0 saturated carbocycles. The minimum absolute atomic E-state index is 0.0116. The highest BCUT2D eigenvalue weighted by molar-refractivity contribution is 5.96. The first-order valence-corrected chi connectivity index (χ1v) is 12.5. The lowest BCUT2D eigenvalue weighted by molar-refractivity contribution is 0.0946. The van der Waals surface area contributed by atoms with Crippen LogP contribution < -0.4 is 10.6 Å². The Kier molecular flexibility index (Phi) is 9.27. The summed E-state index contributed by atoms with van der Waals surface area (Å²) in [4.78, 5) is 25.4. The van der Waals surface area contributed by atoms with Gasteiger partial charge in [-0.2, -0.15) is 0 Å². The van der Waals surface area contributed by atoms with Gasteiger partial charge in [0.15, 0.2) is 0 Å². The molecule has 0 aromatic heterocycles. The smallest absolute Gasteiger partial charge is 0.251 e. The van der Waals surface area contributed by atoms with Crippen molar-refractivity contribution in [3.8, 4) is 0 Å². The first-order chi connectivity index (χ1) is 15.6. The first kappa shape index (κ1) is 26.6. The van der Waals surface area contributed by atoms with Gasteiger partial charge >= 0.3 is 0 Å². The third kappa shape index (κ3) is 5.85. The number of nitrogens with one attached hydrogen (secondary N) is 2. The van der Waals surface area contributed by atoms with Gasteiger partial charge < -0.3 is 10.6 Å². The summed E-state index contributed by atoms with van der Waals surface area (Å²) in [5, 5.41) is 5.90. The third-order valence-corrected chi connectivity index (χ3v) is 7.00. The molecule has 0 fully saturated rings. The molecule has 2 amide bonds. The minimum atomic E-state index is -0.274. The van der Waals surface area contributed by atoms with Crippen LogP contribution in [-0.2, 0) is 5.41 Å². The minimum Gasteiger partial charge on any atom is -0.352 e. The van der Waals surface area contributed by atoms with Crippen LogP contribution in [0.2, 0.25) is 0 Å². The predicted molar refractivity (Wildman–Crippen MR) is 138 cm³/mol. The Labute approximate surface area is 200 Å². The van der Waals surface area contributed by atoms with Crippen molar-refractivity contribution in [2.24, 2.45) is 0 Å². The van der Waals surface area contributed by atoms with E-state index in [1.165, 1.54) is 11.1 Å². The summed E-state index contributed by atoms with van der Waals surface area (Å²) in [6, 6.07) is 12.5. The van der Waals surface area contributed by atoms with E-state index >= 15 is 0 Å². The number of rotatable bonds is 10. The summed E-state index contributed by atoms with van der Waals surface area (Å²) in [5.74, 6) is 0.549. The second-order valence-corrected chi connectivity index (χ2v) is 9.57. The van der Waals surface area contributed by atoms with Crippen LogP contribution in [0.1, 0.15) is 123 Å². The topological polar surface area (TPSA) is 58.2 Å². The van der Waals surface area contributed by atoms with E-state index in [0.29, 0.717) is 13.1 Å². The van der Waals surface area contributed by atoms with Crippen molar-refractivity contribution >= 4 is 11.8 Å². The van der Waals surface area contributed by atoms with Gasteiger partial charge in [0.2, 0.25) is 0 Å². The number of carbonyl (C=O) groups excluding carboxylic acids is 2. The average molecular weight is 451 g/mol. The lowest BCUT2D eigenvalue weighted by Crippen LogP contribution is -2.26. The van der Waals surface area contributed by atoms with Gasteiger partial charge in [0.1, 0.15) is 0 Å². The fourth-order valence-electron chi connectivity index (χ4n) is 4.25. The van der Waals surface area contributed by atoms with E-state index in [-0.39, 0.29) is 29.1 Å². The molecule has 4 heteroatoms. The standard InChI is InChI=1S/C29H42N2O2/c1-9-19(5)25-17-21(13-15-23(25)27(32)30-11-3)29(7,8)22-14-16-24(28(33)31-12-4)26(18-22)20(6)10-2/h13-20H,9-12H2,1-8H3,(H,30,32)(H,31,33). The van der Waals surface area contributed by atoms with Gasteiger partial charge in [-0.3, -0.25) is 9.59 Å². The molecule has 2 rings (SSSR count). The fraction of sp³-hybridized carbons (Fsp3) is 0.517. The van der Waals surface area contributed by atoms with E-state index in [4.69, 9.17) is 0 Å². The van der Waals surface area contributed by atoms with Gasteiger partial charge in [0.25, 0.3) is 11.8 Å². The number of benzene rings is 2. The van der Waals surface area contributed by atoms with Gasteiger partial charge in [0, 0.05) is 29.6 Å². The lowest BCUT2D eigenvalue weighted by Gasteiger charge is -2.29. The Morgan fingerprint density at radius 3 is 1.39 bits per heavy atom. The van der Waals surface area contributed by atoms with Gasteiger partial charge in [-0.25, -0.2) is 0 Å². The molecule has 0 saturated heterocycles. The van der Waals surface area contributed by atoms with Crippen LogP contribution in [0.3, 0.4) is 0 Å². The highest BCUT2D eigenvalue weighted by atomic mass is 16.2. The number of amides is 2. The van der Waals surface area contributed by atoms with Gasteiger partial charge in [-0.15, -0.1) is 0 Å². The van der Waals surface area contributed by atoms with Crippen LogP contribution in [0.5, 0.6) is 0 Å². The Bertz CT molecular complexity index is 900. The summed E-state index contributed by atoms with van der Waals surface area (Å²) in [7, 11) is 0. The van der Waals surface area contributed by atoms with Crippen LogP contribution in [0.15, 0.2) is 36.4 Å². The maximum absolute atomic E-state index is 12.7. The Balaban J connectivity index is 2.60. The second kappa shape index (κ2) is 11.5. The molecule has 2 atom stereocenters. The molecule has 180 valence electrons. The van der Waals surface area contributed by atoms with Gasteiger partial charge in [0.05, 0.1) is 0 Å². The molecule has 0 aliphatic carbocycles. The van der Waals surface area contributed by atoms with Crippen molar-refractivity contribution in [1.82, 2.24) is 10.6 Å². The number of carbonyl (C=O) groups is 2. The molecule has 0 bridgehead atoms. The predicted octanol–water partition coefficient (Wildman–Crippen LogP) is 6.54. The number of hydrogen-bond donors (Lipinski definition) is 2. The molecule has 2 aromatic rings. The zero-order valence-electron chi connectivity index (χ0n) is 21.8. The molecule has 0 radical (unpaired) electrons. The molecular formula is C29H42N2O2. The van der Waals surface area contributed by atoms with E-state index < -0.39 is 0 Å². The Morgan fingerprint density at radius 2 is 1.09 bits per heavy atom. The Hall–Kier alpha value is -2.62. The average Bonchev–Trinajstić information content (AvgIpc) is 2.82. The number of hydrogen-bond acceptors (Lipinski definition) is 2. The third-order valence-electron chi connectivity index (χ3n) is 7.00. The summed E-state index contributed by atoms with van der Waals surface area (Å²) in [6.45, 7) is 18.2. The normalized spacial score (nSPS) is 13.3. The second-order valence-electron chi connectivity index (χ2n) is 9.57. The van der Waals surface area contributed by atoms with Crippen LogP contribution in [0.4, 0.5) is 0 Å². The molecule has 33 heavy (non-hydrogen) atoms. The molecule has 0 aliphatic heterocycles. The Morgan fingerprint density at radius 1 is 0.727 bits per heavy atom. The van der Waals surface area contributed by atoms with Crippen molar-refractivity contribution in [2.45, 2.75) is 85.5 Å². The maximum atomic E-state index is 12.7. The quantitative estimate of drug-likeness (QED) is 0.432. The lowest BCUT2D eigenvalue weighted by atomic mass is 9.74. The first-order valence-electron chi connectivity index (χ1n) is 12.5. The van der Waals surface area contributed by atoms with Gasteiger partial charge in [-0.1, -0.05) is 65.8 Å². The summed E-state index contributed by atoms with van der Waals surface area (Å²) >= 11 is 0. The highest BCUT2D eigenvalue weighted by Gasteiger charge is 2.28. The maximum Gasteiger partial charge on any atom is 0.251 e. The summed E-state index contributed by atoms with van der Waals surface area (Å²) < 4.78 is 0. The van der Waals surface area contributed by atoms with Crippen LogP contribution >= 0.6 is 0 Å². The van der Waals surface area contributed by atoms with Crippen molar-refractivity contribution in [3.63, 3.8) is 0 Å². The van der Waals surface area contributed by atoms with E-state index in [1.54, 1.807) is 0 Å². The molecule has 2 unspecified atom stereocenters. The largest absolute Gasteiger partial charge is 0.352 e. The SMILES string of the molecule is CCNC(=O)c1ccc(C(C)(C)c2ccc(C(=O)NCC)c(C(C)CC)c2)cc1C(C)CC. The molecule has 0 spiro atoms. The van der Waals surface area contributed by atoms with E-state index in [9.17, 15) is 9.59 Å². The molecule has 4 nitrogen and oxygen atoms in total. The van der Waals surface area contributed by atoms with Crippen molar-refractivity contribution < 1.29 is 9.59 Å². The molecular weight excluding hydrogens is 408 g/mol. The highest BCUT2D eigenvalue weighted by Crippen LogP contribution is 2.37. The summed E-state index contributed by atoms with van der Waals surface area (Å²) in [5.41, 5.74) is 5.78. The van der Waals surface area contributed by atoms with Crippen LogP contribution in [-0.4, -0.2) is 24.9 Å². The molecule has 2 N–H and O–H groups in total. The molecule has 0 heterocycles. The van der Waals surface area contributed by atoms with E-state index in [1.807, 2.05) is 26.0 Å². The summed E-state index contributed by atoms with van der Waals surface area (Å²) in [6.07, 6.45) is 1.94. The zero-order valence-corrected chi connectivity index (χ0v) is 21.8. The monoisotopic (exact) mass is 450 g/mol. The molecule has 2 aromatic carbocycles. The van der Waals surface area contributed by atoms with Crippen molar-refractivity contribution in [3.05, 3.63) is 69.8 Å². The fourth-order valence-corrected chi connectivity index (χ4v) is 4.25. The van der Waals surface area contributed by atoms with E-state index in [0.717, 1.165) is 35.1 Å². The van der Waals surface area contributed by atoms with E-state index in [2.05, 4.69) is 76.4 Å². The van der Waals surface area contributed by atoms with Crippen LogP contribution in [0.25, 0.3) is 0 Å². The van der Waals surface area contributed by atoms with Crippen molar-refractivity contribution in [2.75, 3.05) is 13.1 Å². The molecule has 0 aliphatic rings. The van der Waals surface area contributed by atoms with Gasteiger partial charge in [-0.05, 0) is 72.9 Å². The van der Waals surface area contributed by atoms with Crippen molar-refractivity contribution in [1.29, 1.82) is 0 Å².